The highest BCUT2D eigenvalue weighted by Crippen LogP contribution is 2.36. The number of hydrogen-bond acceptors (Lipinski definition) is 4. The Balaban J connectivity index is 1.92. The molecule has 0 saturated carbocycles. The second-order valence-corrected chi connectivity index (χ2v) is 6.93. The van der Waals surface area contributed by atoms with Crippen molar-refractivity contribution < 1.29 is 9.31 Å². The highest BCUT2D eigenvalue weighted by molar-refractivity contribution is 6.62. The molecule has 0 aromatic carbocycles. The molecular weight excluding hydrogens is 300 g/mol. The Morgan fingerprint density at radius 1 is 1.14 bits per heavy atom. The van der Waals surface area contributed by atoms with Gasteiger partial charge in [0.2, 0.25) is 0 Å². The Hall–Kier alpha value is -1.37. The van der Waals surface area contributed by atoms with Crippen LogP contribution in [-0.4, -0.2) is 33.1 Å². The molecule has 0 N–H and O–H groups in total. The lowest BCUT2D eigenvalue weighted by molar-refractivity contribution is 0.00578. The van der Waals surface area contributed by atoms with Gasteiger partial charge in [-0.05, 0) is 46.8 Å². The summed E-state index contributed by atoms with van der Waals surface area (Å²) in [7, 11) is -0.418. The second-order valence-electron chi connectivity index (χ2n) is 6.54. The third kappa shape index (κ3) is 2.55. The van der Waals surface area contributed by atoms with Crippen LogP contribution in [0.1, 0.15) is 33.4 Å². The SMILES string of the molecule is Cc1nn(-c2ccc(Cl)nc2)cc1B1OC(C)(C)C(C)(C)O1. The smallest absolute Gasteiger partial charge is 0.399 e. The molecule has 22 heavy (non-hydrogen) atoms. The van der Waals surface area contributed by atoms with Gasteiger partial charge in [0.25, 0.3) is 0 Å². The monoisotopic (exact) mass is 319 g/mol. The molecular formula is C15H19BClN3O2. The minimum Gasteiger partial charge on any atom is -0.399 e. The van der Waals surface area contributed by atoms with Crippen molar-refractivity contribution in [3.63, 3.8) is 0 Å². The van der Waals surface area contributed by atoms with Gasteiger partial charge in [-0.1, -0.05) is 11.6 Å². The van der Waals surface area contributed by atoms with E-state index in [1.807, 2.05) is 46.9 Å². The molecule has 116 valence electrons. The molecule has 1 aliphatic rings. The van der Waals surface area contributed by atoms with E-state index in [9.17, 15) is 0 Å². The molecule has 1 fully saturated rings. The number of nitrogens with zero attached hydrogens (tertiary/aromatic N) is 3. The zero-order valence-corrected chi connectivity index (χ0v) is 14.2. The predicted molar refractivity (Wildman–Crippen MR) is 86.8 cm³/mol. The van der Waals surface area contributed by atoms with Crippen molar-refractivity contribution in [2.75, 3.05) is 0 Å². The Morgan fingerprint density at radius 3 is 2.32 bits per heavy atom. The summed E-state index contributed by atoms with van der Waals surface area (Å²) in [5, 5.41) is 4.98. The fourth-order valence-electron chi connectivity index (χ4n) is 2.31. The summed E-state index contributed by atoms with van der Waals surface area (Å²) in [5.41, 5.74) is 1.90. The lowest BCUT2D eigenvalue weighted by Gasteiger charge is -2.32. The number of hydrogen-bond donors (Lipinski definition) is 0. The number of aromatic nitrogens is 3. The molecule has 1 aliphatic heterocycles. The molecule has 5 nitrogen and oxygen atoms in total. The fraction of sp³-hybridized carbons (Fsp3) is 0.467. The van der Waals surface area contributed by atoms with E-state index in [1.165, 1.54) is 0 Å². The van der Waals surface area contributed by atoms with Gasteiger partial charge in [0, 0.05) is 11.7 Å². The van der Waals surface area contributed by atoms with Crippen LogP contribution in [0.15, 0.2) is 24.5 Å². The van der Waals surface area contributed by atoms with Crippen LogP contribution in [-0.2, 0) is 9.31 Å². The summed E-state index contributed by atoms with van der Waals surface area (Å²) in [6.45, 7) is 10.1. The molecule has 7 heteroatoms. The van der Waals surface area contributed by atoms with Gasteiger partial charge in [-0.15, -0.1) is 0 Å². The number of aryl methyl sites for hydroxylation is 1. The summed E-state index contributed by atoms with van der Waals surface area (Å²) >= 11 is 5.82. The van der Waals surface area contributed by atoms with E-state index in [0.29, 0.717) is 5.15 Å². The summed E-state index contributed by atoms with van der Waals surface area (Å²) in [6, 6.07) is 3.61. The Kier molecular flexibility index (Phi) is 3.59. The lowest BCUT2D eigenvalue weighted by atomic mass is 9.79. The molecule has 3 rings (SSSR count). The van der Waals surface area contributed by atoms with Crippen molar-refractivity contribution in [2.24, 2.45) is 0 Å². The number of halogens is 1. The summed E-state index contributed by atoms with van der Waals surface area (Å²) in [4.78, 5) is 4.08. The van der Waals surface area contributed by atoms with Gasteiger partial charge in [-0.25, -0.2) is 9.67 Å². The molecule has 1 saturated heterocycles. The molecule has 0 atom stereocenters. The zero-order chi connectivity index (χ0) is 16.1. The highest BCUT2D eigenvalue weighted by atomic mass is 35.5. The van der Waals surface area contributed by atoms with Gasteiger partial charge in [0.15, 0.2) is 0 Å². The third-order valence-corrected chi connectivity index (χ3v) is 4.64. The quantitative estimate of drug-likeness (QED) is 0.630. The first-order valence-electron chi connectivity index (χ1n) is 7.23. The van der Waals surface area contributed by atoms with Crippen molar-refractivity contribution in [2.45, 2.75) is 45.8 Å². The summed E-state index contributed by atoms with van der Waals surface area (Å²) in [5.74, 6) is 0. The van der Waals surface area contributed by atoms with E-state index in [2.05, 4.69) is 10.1 Å². The topological polar surface area (TPSA) is 49.2 Å². The average Bonchev–Trinajstić information content (AvgIpc) is 2.89. The normalized spacial score (nSPS) is 19.6. The highest BCUT2D eigenvalue weighted by Gasteiger charge is 2.52. The average molecular weight is 320 g/mol. The van der Waals surface area contributed by atoms with Crippen molar-refractivity contribution in [3.05, 3.63) is 35.4 Å². The van der Waals surface area contributed by atoms with Gasteiger partial charge >= 0.3 is 7.12 Å². The van der Waals surface area contributed by atoms with Crippen molar-refractivity contribution >= 4 is 24.2 Å². The third-order valence-electron chi connectivity index (χ3n) is 4.42. The van der Waals surface area contributed by atoms with E-state index in [4.69, 9.17) is 20.9 Å². The molecule has 0 unspecified atom stereocenters. The Morgan fingerprint density at radius 2 is 1.77 bits per heavy atom. The maximum atomic E-state index is 6.09. The van der Waals surface area contributed by atoms with Crippen molar-refractivity contribution in [3.8, 4) is 5.69 Å². The van der Waals surface area contributed by atoms with Crippen molar-refractivity contribution in [1.29, 1.82) is 0 Å². The minimum absolute atomic E-state index is 0.367. The van der Waals surface area contributed by atoms with Gasteiger partial charge < -0.3 is 9.31 Å². The summed E-state index contributed by atoms with van der Waals surface area (Å²) < 4.78 is 13.9. The first-order chi connectivity index (χ1) is 10.2. The van der Waals surface area contributed by atoms with Gasteiger partial charge in [0.05, 0.1) is 28.8 Å². The molecule has 0 bridgehead atoms. The maximum absolute atomic E-state index is 6.09. The van der Waals surface area contributed by atoms with E-state index >= 15 is 0 Å². The molecule has 0 amide bonds. The van der Waals surface area contributed by atoms with Gasteiger partial charge in [-0.3, -0.25) is 0 Å². The van der Waals surface area contributed by atoms with E-state index < -0.39 is 7.12 Å². The fourth-order valence-corrected chi connectivity index (χ4v) is 2.42. The standard InChI is InChI=1S/C15H19BClN3O2/c1-10-12(16-21-14(2,3)15(4,5)22-16)9-20(19-10)11-6-7-13(17)18-8-11/h6-9H,1-5H3. The summed E-state index contributed by atoms with van der Waals surface area (Å²) in [6.07, 6.45) is 3.60. The number of rotatable bonds is 2. The van der Waals surface area contributed by atoms with Crippen LogP contribution < -0.4 is 5.46 Å². The maximum Gasteiger partial charge on any atom is 0.498 e. The van der Waals surface area contributed by atoms with Crippen LogP contribution in [0.5, 0.6) is 0 Å². The largest absolute Gasteiger partial charge is 0.498 e. The zero-order valence-electron chi connectivity index (χ0n) is 13.4. The first kappa shape index (κ1) is 15.5. The van der Waals surface area contributed by atoms with Crippen LogP contribution >= 0.6 is 11.6 Å². The van der Waals surface area contributed by atoms with Crippen LogP contribution in [0.3, 0.4) is 0 Å². The van der Waals surface area contributed by atoms with Gasteiger partial charge in [-0.2, -0.15) is 5.10 Å². The second kappa shape index (κ2) is 5.08. The molecule has 2 aromatic heterocycles. The molecule has 0 spiro atoms. The molecule has 3 heterocycles. The van der Waals surface area contributed by atoms with E-state index in [-0.39, 0.29) is 11.2 Å². The van der Waals surface area contributed by atoms with E-state index in [1.54, 1.807) is 16.9 Å². The Bertz CT molecular complexity index is 681. The predicted octanol–water partition coefficient (Wildman–Crippen LogP) is 2.53. The minimum atomic E-state index is -0.418. The van der Waals surface area contributed by atoms with Crippen LogP contribution in [0, 0.1) is 6.92 Å². The first-order valence-corrected chi connectivity index (χ1v) is 7.61. The molecule has 0 aliphatic carbocycles. The number of pyridine rings is 1. The molecule has 0 radical (unpaired) electrons. The van der Waals surface area contributed by atoms with Gasteiger partial charge in [0.1, 0.15) is 5.15 Å². The van der Waals surface area contributed by atoms with Crippen molar-refractivity contribution in [1.82, 2.24) is 14.8 Å². The lowest BCUT2D eigenvalue weighted by Crippen LogP contribution is -2.41. The van der Waals surface area contributed by atoms with E-state index in [0.717, 1.165) is 16.8 Å². The Labute approximate surface area is 135 Å². The van der Waals surface area contributed by atoms with Crippen LogP contribution in [0.2, 0.25) is 5.15 Å². The van der Waals surface area contributed by atoms with Crippen LogP contribution in [0.25, 0.3) is 5.69 Å². The van der Waals surface area contributed by atoms with Crippen LogP contribution in [0.4, 0.5) is 0 Å². The molecule has 2 aromatic rings.